The van der Waals surface area contributed by atoms with Crippen LogP contribution in [0.5, 0.6) is 0 Å². The van der Waals surface area contributed by atoms with Gasteiger partial charge in [0.15, 0.2) is 0 Å². The first-order valence-electron chi connectivity index (χ1n) is 8.20. The lowest BCUT2D eigenvalue weighted by Crippen LogP contribution is -2.46. The van der Waals surface area contributed by atoms with Gasteiger partial charge in [-0.2, -0.15) is 10.5 Å². The number of hydrogen-bond acceptors (Lipinski definition) is 3. The number of nitriles is 2. The van der Waals surface area contributed by atoms with Crippen LogP contribution in [0, 0.1) is 22.7 Å². The van der Waals surface area contributed by atoms with E-state index in [4.69, 9.17) is 5.26 Å². The summed E-state index contributed by atoms with van der Waals surface area (Å²) in [5, 5.41) is 21.4. The number of urea groups is 1. The van der Waals surface area contributed by atoms with Crippen LogP contribution in [0.15, 0.2) is 54.6 Å². The molecule has 0 atom stereocenters. The number of likely N-dealkylation sites (tertiary alicyclic amines) is 1. The van der Waals surface area contributed by atoms with Crippen molar-refractivity contribution in [3.63, 3.8) is 0 Å². The molecule has 1 aliphatic rings. The molecule has 0 unspecified atom stereocenters. The van der Waals surface area contributed by atoms with Crippen molar-refractivity contribution in [1.82, 2.24) is 4.90 Å². The zero-order valence-corrected chi connectivity index (χ0v) is 13.8. The lowest BCUT2D eigenvalue weighted by Gasteiger charge is -2.37. The van der Waals surface area contributed by atoms with Crippen LogP contribution in [0.4, 0.5) is 10.5 Å². The largest absolute Gasteiger partial charge is 0.324 e. The third-order valence-corrected chi connectivity index (χ3v) is 4.71. The molecule has 2 amide bonds. The van der Waals surface area contributed by atoms with E-state index < -0.39 is 5.41 Å². The molecule has 0 saturated carbocycles. The highest BCUT2D eigenvalue weighted by Crippen LogP contribution is 2.35. The van der Waals surface area contributed by atoms with Crippen molar-refractivity contribution < 1.29 is 4.79 Å². The molecule has 1 fully saturated rings. The summed E-state index contributed by atoms with van der Waals surface area (Å²) in [6.45, 7) is 1.06. The molecule has 0 spiro atoms. The molecule has 0 radical (unpaired) electrons. The van der Waals surface area contributed by atoms with Gasteiger partial charge < -0.3 is 10.2 Å². The quantitative estimate of drug-likeness (QED) is 0.912. The fourth-order valence-corrected chi connectivity index (χ4v) is 3.14. The van der Waals surface area contributed by atoms with Crippen LogP contribution in [-0.2, 0) is 5.41 Å². The number of carbonyl (C=O) groups is 1. The number of carbonyl (C=O) groups excluding carboxylic acids is 1. The summed E-state index contributed by atoms with van der Waals surface area (Å²) in [5.41, 5.74) is 1.71. The van der Waals surface area contributed by atoms with Gasteiger partial charge in [0.1, 0.15) is 0 Å². The molecule has 0 aliphatic carbocycles. The van der Waals surface area contributed by atoms with E-state index in [-0.39, 0.29) is 6.03 Å². The van der Waals surface area contributed by atoms with Crippen LogP contribution in [0.2, 0.25) is 0 Å². The Morgan fingerprint density at radius 3 is 2.20 bits per heavy atom. The predicted octanol–water partition coefficient (Wildman–Crippen LogP) is 3.65. The minimum atomic E-state index is -0.521. The second-order valence-electron chi connectivity index (χ2n) is 6.17. The van der Waals surface area contributed by atoms with E-state index >= 15 is 0 Å². The molecule has 0 aromatic heterocycles. The van der Waals surface area contributed by atoms with Gasteiger partial charge in [-0.3, -0.25) is 0 Å². The first-order chi connectivity index (χ1) is 12.2. The zero-order valence-electron chi connectivity index (χ0n) is 13.8. The summed E-state index contributed by atoms with van der Waals surface area (Å²) in [5.74, 6) is 0. The molecule has 5 heteroatoms. The molecule has 0 bridgehead atoms. The van der Waals surface area contributed by atoms with Crippen LogP contribution in [0.3, 0.4) is 0 Å². The van der Waals surface area contributed by atoms with E-state index in [1.807, 2.05) is 36.4 Å². The maximum Gasteiger partial charge on any atom is 0.321 e. The average molecular weight is 330 g/mol. The first-order valence-corrected chi connectivity index (χ1v) is 8.20. The Balaban J connectivity index is 1.64. The van der Waals surface area contributed by atoms with Crippen molar-refractivity contribution in [3.05, 3.63) is 65.7 Å². The molecule has 25 heavy (non-hydrogen) atoms. The number of hydrogen-bond donors (Lipinski definition) is 1. The summed E-state index contributed by atoms with van der Waals surface area (Å²) >= 11 is 0. The third-order valence-electron chi connectivity index (χ3n) is 4.71. The van der Waals surface area contributed by atoms with Gasteiger partial charge in [-0.1, -0.05) is 30.3 Å². The SMILES string of the molecule is N#Cc1ccc(NC(=O)N2CCC(C#N)(c3ccccc3)CC2)cc1. The van der Waals surface area contributed by atoms with Gasteiger partial charge in [0.2, 0.25) is 0 Å². The van der Waals surface area contributed by atoms with Gasteiger partial charge in [-0.05, 0) is 42.7 Å². The highest BCUT2D eigenvalue weighted by molar-refractivity contribution is 5.89. The molecule has 1 heterocycles. The molecule has 2 aromatic rings. The van der Waals surface area contributed by atoms with Gasteiger partial charge in [-0.25, -0.2) is 4.79 Å². The Hall–Kier alpha value is -3.31. The summed E-state index contributed by atoms with van der Waals surface area (Å²) in [6, 6.07) is 20.9. The molecule has 1 N–H and O–H groups in total. The van der Waals surface area contributed by atoms with E-state index in [0.29, 0.717) is 37.2 Å². The fraction of sp³-hybridized carbons (Fsp3) is 0.250. The Morgan fingerprint density at radius 1 is 1.00 bits per heavy atom. The average Bonchev–Trinajstić information content (AvgIpc) is 2.69. The number of piperidine rings is 1. The van der Waals surface area contributed by atoms with Gasteiger partial charge in [0.05, 0.1) is 23.1 Å². The normalized spacial score (nSPS) is 15.7. The smallest absolute Gasteiger partial charge is 0.321 e. The molecule has 1 saturated heterocycles. The molecule has 1 aliphatic heterocycles. The lowest BCUT2D eigenvalue weighted by molar-refractivity contribution is 0.183. The Bertz CT molecular complexity index is 823. The van der Waals surface area contributed by atoms with Gasteiger partial charge in [-0.15, -0.1) is 0 Å². The van der Waals surface area contributed by atoms with E-state index in [1.165, 1.54) is 0 Å². The topological polar surface area (TPSA) is 79.9 Å². The molecule has 124 valence electrons. The summed E-state index contributed by atoms with van der Waals surface area (Å²) in [7, 11) is 0. The highest BCUT2D eigenvalue weighted by Gasteiger charge is 2.37. The standard InChI is InChI=1S/C20H18N4O/c21-14-16-6-8-18(9-7-16)23-19(25)24-12-10-20(15-22,11-13-24)17-4-2-1-3-5-17/h1-9H,10-13H2,(H,23,25). The number of rotatable bonds is 2. The third kappa shape index (κ3) is 3.46. The van der Waals surface area contributed by atoms with Crippen LogP contribution < -0.4 is 5.32 Å². The fourth-order valence-electron chi connectivity index (χ4n) is 3.14. The minimum Gasteiger partial charge on any atom is -0.324 e. The number of amides is 2. The van der Waals surface area contributed by atoms with Crippen LogP contribution in [-0.4, -0.2) is 24.0 Å². The van der Waals surface area contributed by atoms with E-state index in [0.717, 1.165) is 5.56 Å². The van der Waals surface area contributed by atoms with Crippen molar-refractivity contribution in [2.45, 2.75) is 18.3 Å². The number of nitrogens with one attached hydrogen (secondary N) is 1. The Labute approximate surface area is 147 Å². The predicted molar refractivity (Wildman–Crippen MR) is 94.7 cm³/mol. The van der Waals surface area contributed by atoms with Gasteiger partial charge in [0, 0.05) is 18.8 Å². The molecular weight excluding hydrogens is 312 g/mol. The lowest BCUT2D eigenvalue weighted by atomic mass is 9.74. The maximum absolute atomic E-state index is 12.4. The Morgan fingerprint density at radius 2 is 1.64 bits per heavy atom. The van der Waals surface area contributed by atoms with Crippen molar-refractivity contribution in [1.29, 1.82) is 10.5 Å². The van der Waals surface area contributed by atoms with Crippen molar-refractivity contribution in [3.8, 4) is 12.1 Å². The highest BCUT2D eigenvalue weighted by atomic mass is 16.2. The summed E-state index contributed by atoms with van der Waals surface area (Å²) < 4.78 is 0. The molecule has 3 rings (SSSR count). The second-order valence-corrected chi connectivity index (χ2v) is 6.17. The number of benzene rings is 2. The summed E-state index contributed by atoms with van der Waals surface area (Å²) in [4.78, 5) is 14.2. The van der Waals surface area contributed by atoms with Crippen LogP contribution in [0.1, 0.15) is 24.0 Å². The monoisotopic (exact) mass is 330 g/mol. The van der Waals surface area contributed by atoms with Crippen molar-refractivity contribution >= 4 is 11.7 Å². The van der Waals surface area contributed by atoms with Gasteiger partial charge >= 0.3 is 6.03 Å². The van der Waals surface area contributed by atoms with E-state index in [2.05, 4.69) is 11.4 Å². The maximum atomic E-state index is 12.4. The van der Waals surface area contributed by atoms with Gasteiger partial charge in [0.25, 0.3) is 0 Å². The molecule has 2 aromatic carbocycles. The first kappa shape index (κ1) is 16.5. The Kier molecular flexibility index (Phi) is 4.68. The van der Waals surface area contributed by atoms with E-state index in [1.54, 1.807) is 29.2 Å². The van der Waals surface area contributed by atoms with Crippen LogP contribution >= 0.6 is 0 Å². The molecule has 5 nitrogen and oxygen atoms in total. The number of anilines is 1. The number of nitrogens with zero attached hydrogens (tertiary/aromatic N) is 3. The zero-order chi connectivity index (χ0) is 17.7. The van der Waals surface area contributed by atoms with Crippen molar-refractivity contribution in [2.75, 3.05) is 18.4 Å². The minimum absolute atomic E-state index is 0.177. The van der Waals surface area contributed by atoms with Crippen molar-refractivity contribution in [2.24, 2.45) is 0 Å². The summed E-state index contributed by atoms with van der Waals surface area (Å²) in [6.07, 6.45) is 1.24. The second kappa shape index (κ2) is 7.07. The van der Waals surface area contributed by atoms with Crippen LogP contribution in [0.25, 0.3) is 0 Å². The van der Waals surface area contributed by atoms with E-state index in [9.17, 15) is 10.1 Å². The molecular formula is C20H18N4O.